The predicted molar refractivity (Wildman–Crippen MR) is 58.9 cm³/mol. The number of pyridine rings is 1. The van der Waals surface area contributed by atoms with Crippen LogP contribution in [0.4, 0.5) is 5.69 Å². The average molecular weight is 205 g/mol. The lowest BCUT2D eigenvalue weighted by Gasteiger charge is -2.11. The molecule has 0 saturated heterocycles. The second-order valence-corrected chi connectivity index (χ2v) is 4.19. The molecular formula is C11H15N3O. The molecule has 0 atom stereocenters. The van der Waals surface area contributed by atoms with Gasteiger partial charge in [0.2, 0.25) is 0 Å². The van der Waals surface area contributed by atoms with Crippen LogP contribution in [0.15, 0.2) is 18.3 Å². The highest BCUT2D eigenvalue weighted by Gasteiger charge is 2.39. The maximum Gasteiger partial charge on any atom is 0.270 e. The Kier molecular flexibility index (Phi) is 2.34. The summed E-state index contributed by atoms with van der Waals surface area (Å²) in [5.74, 6) is -0.0906. The van der Waals surface area contributed by atoms with Crippen LogP contribution in [0.25, 0.3) is 0 Å². The Bertz CT molecular complexity index is 385. The van der Waals surface area contributed by atoms with Crippen LogP contribution in [0.2, 0.25) is 0 Å². The van der Waals surface area contributed by atoms with E-state index in [1.165, 1.54) is 0 Å². The van der Waals surface area contributed by atoms with Crippen molar-refractivity contribution in [3.05, 3.63) is 24.0 Å². The minimum Gasteiger partial charge on any atom is -0.388 e. The third kappa shape index (κ3) is 2.26. The lowest BCUT2D eigenvalue weighted by molar-refractivity contribution is 0.0930. The molecule has 4 nitrogen and oxygen atoms in total. The van der Waals surface area contributed by atoms with Gasteiger partial charge in [-0.05, 0) is 31.9 Å². The summed E-state index contributed by atoms with van der Waals surface area (Å²) < 4.78 is 0. The number of aromatic nitrogens is 1. The van der Waals surface area contributed by atoms with E-state index in [0.29, 0.717) is 5.69 Å². The fourth-order valence-corrected chi connectivity index (χ4v) is 1.36. The van der Waals surface area contributed by atoms with Gasteiger partial charge in [0.1, 0.15) is 5.69 Å². The second kappa shape index (κ2) is 3.53. The minimum atomic E-state index is -0.0906. The van der Waals surface area contributed by atoms with Crippen molar-refractivity contribution in [3.63, 3.8) is 0 Å². The number of amides is 1. The predicted octanol–water partition coefficient (Wildman–Crippen LogP) is 1.41. The molecule has 1 amide bonds. The zero-order chi connectivity index (χ0) is 10.9. The number of rotatable bonds is 3. The highest BCUT2D eigenvalue weighted by atomic mass is 16.2. The second-order valence-electron chi connectivity index (χ2n) is 4.19. The molecule has 1 saturated carbocycles. The summed E-state index contributed by atoms with van der Waals surface area (Å²) in [5.41, 5.74) is 1.38. The third-order valence-corrected chi connectivity index (χ3v) is 2.70. The SMILES string of the molecule is CNc1ccnc(C(=O)NC2(C)CC2)c1. The van der Waals surface area contributed by atoms with E-state index in [0.717, 1.165) is 18.5 Å². The van der Waals surface area contributed by atoms with E-state index in [-0.39, 0.29) is 11.4 Å². The first kappa shape index (κ1) is 9.96. The molecule has 0 aliphatic heterocycles. The number of anilines is 1. The van der Waals surface area contributed by atoms with Gasteiger partial charge >= 0.3 is 0 Å². The van der Waals surface area contributed by atoms with Gasteiger partial charge in [0, 0.05) is 24.5 Å². The van der Waals surface area contributed by atoms with Crippen molar-refractivity contribution in [2.45, 2.75) is 25.3 Å². The zero-order valence-electron chi connectivity index (χ0n) is 9.00. The molecule has 1 aromatic heterocycles. The molecule has 0 aromatic carbocycles. The zero-order valence-corrected chi connectivity index (χ0v) is 9.00. The monoisotopic (exact) mass is 205 g/mol. The lowest BCUT2D eigenvalue weighted by Crippen LogP contribution is -2.34. The lowest BCUT2D eigenvalue weighted by atomic mass is 10.2. The Balaban J connectivity index is 2.10. The molecular weight excluding hydrogens is 190 g/mol. The molecule has 1 aromatic rings. The smallest absolute Gasteiger partial charge is 0.270 e. The van der Waals surface area contributed by atoms with Crippen molar-refractivity contribution >= 4 is 11.6 Å². The van der Waals surface area contributed by atoms with E-state index in [2.05, 4.69) is 15.6 Å². The number of nitrogens with one attached hydrogen (secondary N) is 2. The van der Waals surface area contributed by atoms with Crippen molar-refractivity contribution < 1.29 is 4.79 Å². The standard InChI is InChI=1S/C11H15N3O/c1-11(4-5-11)14-10(15)9-7-8(12-2)3-6-13-9/h3,6-7H,4-5H2,1-2H3,(H,12,13)(H,14,15). The molecule has 80 valence electrons. The van der Waals surface area contributed by atoms with Crippen molar-refractivity contribution in [1.82, 2.24) is 10.3 Å². The summed E-state index contributed by atoms with van der Waals surface area (Å²) in [6.45, 7) is 2.05. The van der Waals surface area contributed by atoms with Gasteiger partial charge < -0.3 is 10.6 Å². The summed E-state index contributed by atoms with van der Waals surface area (Å²) in [5, 5.41) is 5.95. The quantitative estimate of drug-likeness (QED) is 0.784. The van der Waals surface area contributed by atoms with Crippen LogP contribution in [0.1, 0.15) is 30.3 Å². The Labute approximate surface area is 89.1 Å². The third-order valence-electron chi connectivity index (χ3n) is 2.70. The number of carbonyl (C=O) groups is 1. The van der Waals surface area contributed by atoms with E-state index >= 15 is 0 Å². The minimum absolute atomic E-state index is 0.00834. The van der Waals surface area contributed by atoms with Gasteiger partial charge in [-0.3, -0.25) is 9.78 Å². The van der Waals surface area contributed by atoms with E-state index in [1.807, 2.05) is 20.0 Å². The number of carbonyl (C=O) groups excluding carboxylic acids is 1. The highest BCUT2D eigenvalue weighted by molar-refractivity contribution is 5.93. The fourth-order valence-electron chi connectivity index (χ4n) is 1.36. The van der Waals surface area contributed by atoms with Crippen molar-refractivity contribution in [2.75, 3.05) is 12.4 Å². The summed E-state index contributed by atoms with van der Waals surface area (Å²) in [4.78, 5) is 15.8. The maximum atomic E-state index is 11.8. The Morgan fingerprint density at radius 3 is 2.87 bits per heavy atom. The van der Waals surface area contributed by atoms with Crippen molar-refractivity contribution in [3.8, 4) is 0 Å². The summed E-state index contributed by atoms with van der Waals surface area (Å²) in [7, 11) is 1.82. The Morgan fingerprint density at radius 1 is 1.53 bits per heavy atom. The van der Waals surface area contributed by atoms with E-state index in [9.17, 15) is 4.79 Å². The van der Waals surface area contributed by atoms with Crippen LogP contribution in [0.3, 0.4) is 0 Å². The van der Waals surface area contributed by atoms with E-state index in [4.69, 9.17) is 0 Å². The summed E-state index contributed by atoms with van der Waals surface area (Å²) >= 11 is 0. The van der Waals surface area contributed by atoms with Crippen LogP contribution >= 0.6 is 0 Å². The molecule has 15 heavy (non-hydrogen) atoms. The molecule has 0 spiro atoms. The van der Waals surface area contributed by atoms with Gasteiger partial charge in [0.25, 0.3) is 5.91 Å². The molecule has 0 bridgehead atoms. The molecule has 4 heteroatoms. The molecule has 2 rings (SSSR count). The molecule has 1 heterocycles. The van der Waals surface area contributed by atoms with Crippen LogP contribution < -0.4 is 10.6 Å². The number of nitrogens with zero attached hydrogens (tertiary/aromatic N) is 1. The fraction of sp³-hybridized carbons (Fsp3) is 0.455. The number of hydrogen-bond acceptors (Lipinski definition) is 3. The van der Waals surface area contributed by atoms with E-state index in [1.54, 1.807) is 12.3 Å². The van der Waals surface area contributed by atoms with Gasteiger partial charge in [-0.2, -0.15) is 0 Å². The highest BCUT2D eigenvalue weighted by Crippen LogP contribution is 2.34. The molecule has 2 N–H and O–H groups in total. The maximum absolute atomic E-state index is 11.8. The van der Waals surface area contributed by atoms with Crippen LogP contribution in [-0.2, 0) is 0 Å². The Hall–Kier alpha value is -1.58. The first-order valence-corrected chi connectivity index (χ1v) is 5.09. The van der Waals surface area contributed by atoms with E-state index < -0.39 is 0 Å². The first-order valence-electron chi connectivity index (χ1n) is 5.09. The molecule has 1 aliphatic carbocycles. The van der Waals surface area contributed by atoms with Crippen LogP contribution in [0, 0.1) is 0 Å². The molecule has 0 unspecified atom stereocenters. The van der Waals surface area contributed by atoms with Gasteiger partial charge in [0.15, 0.2) is 0 Å². The van der Waals surface area contributed by atoms with Gasteiger partial charge in [-0.15, -0.1) is 0 Å². The molecule has 1 aliphatic rings. The van der Waals surface area contributed by atoms with Crippen molar-refractivity contribution in [1.29, 1.82) is 0 Å². The normalized spacial score (nSPS) is 16.9. The summed E-state index contributed by atoms with van der Waals surface area (Å²) in [6, 6.07) is 3.58. The average Bonchev–Trinajstić information content (AvgIpc) is 2.96. The van der Waals surface area contributed by atoms with Crippen LogP contribution in [0.5, 0.6) is 0 Å². The first-order chi connectivity index (χ1) is 7.13. The van der Waals surface area contributed by atoms with Gasteiger partial charge in [0.05, 0.1) is 0 Å². The largest absolute Gasteiger partial charge is 0.388 e. The summed E-state index contributed by atoms with van der Waals surface area (Å²) in [6.07, 6.45) is 3.75. The van der Waals surface area contributed by atoms with Gasteiger partial charge in [-0.1, -0.05) is 0 Å². The van der Waals surface area contributed by atoms with Crippen LogP contribution in [-0.4, -0.2) is 23.5 Å². The molecule has 1 fully saturated rings. The topological polar surface area (TPSA) is 54.0 Å². The van der Waals surface area contributed by atoms with Gasteiger partial charge in [-0.25, -0.2) is 0 Å². The van der Waals surface area contributed by atoms with Crippen molar-refractivity contribution in [2.24, 2.45) is 0 Å². The Morgan fingerprint density at radius 2 is 2.27 bits per heavy atom. The number of hydrogen-bond donors (Lipinski definition) is 2. The molecule has 0 radical (unpaired) electrons.